The molecule has 104 valence electrons. The monoisotopic (exact) mass is 274 g/mol. The van der Waals surface area contributed by atoms with Gasteiger partial charge in [0.05, 0.1) is 12.8 Å². The molecule has 1 aromatic heterocycles. The molecule has 3 rings (SSSR count). The lowest BCUT2D eigenvalue weighted by atomic mass is 9.96. The minimum absolute atomic E-state index is 0.0364. The van der Waals surface area contributed by atoms with Gasteiger partial charge in [0.2, 0.25) is 5.91 Å². The smallest absolute Gasteiger partial charge is 0.303 e. The summed E-state index contributed by atoms with van der Waals surface area (Å²) in [4.78, 5) is 24.3. The summed E-state index contributed by atoms with van der Waals surface area (Å²) in [6.45, 7) is 1.03. The molecule has 1 saturated heterocycles. The zero-order valence-corrected chi connectivity index (χ0v) is 10.8. The van der Waals surface area contributed by atoms with E-state index in [2.05, 4.69) is 5.16 Å². The summed E-state index contributed by atoms with van der Waals surface area (Å²) >= 11 is 0. The second kappa shape index (κ2) is 4.96. The van der Waals surface area contributed by atoms with Crippen LogP contribution in [0.4, 0.5) is 0 Å². The normalized spacial score (nSPS) is 15.3. The van der Waals surface area contributed by atoms with E-state index in [0.717, 1.165) is 5.39 Å². The van der Waals surface area contributed by atoms with Gasteiger partial charge in [0.1, 0.15) is 5.69 Å². The van der Waals surface area contributed by atoms with Crippen molar-refractivity contribution in [3.05, 3.63) is 30.0 Å². The summed E-state index contributed by atoms with van der Waals surface area (Å²) in [5.41, 5.74) is 1.30. The summed E-state index contributed by atoms with van der Waals surface area (Å²) in [6.07, 6.45) is 0.313. The number of carboxylic acids is 1. The zero-order valence-electron chi connectivity index (χ0n) is 10.8. The van der Waals surface area contributed by atoms with Gasteiger partial charge in [0.15, 0.2) is 5.58 Å². The molecular weight excluding hydrogens is 260 g/mol. The number of hydrogen-bond donors (Lipinski definition) is 1. The van der Waals surface area contributed by atoms with Crippen molar-refractivity contribution in [2.24, 2.45) is 5.92 Å². The van der Waals surface area contributed by atoms with E-state index in [4.69, 9.17) is 9.63 Å². The van der Waals surface area contributed by atoms with Crippen LogP contribution in [-0.4, -0.2) is 40.1 Å². The van der Waals surface area contributed by atoms with Gasteiger partial charge < -0.3 is 14.5 Å². The Labute approximate surface area is 115 Å². The first-order valence-electron chi connectivity index (χ1n) is 6.46. The molecule has 6 nitrogen and oxygen atoms in total. The highest BCUT2D eigenvalue weighted by Gasteiger charge is 2.32. The molecule has 0 radical (unpaired) electrons. The van der Waals surface area contributed by atoms with Gasteiger partial charge in [-0.15, -0.1) is 0 Å². The minimum Gasteiger partial charge on any atom is -0.481 e. The second-order valence-corrected chi connectivity index (χ2v) is 5.06. The number of para-hydroxylation sites is 1. The molecule has 6 heteroatoms. The average Bonchev–Trinajstić information content (AvgIpc) is 2.76. The molecule has 1 aliphatic heterocycles. The fraction of sp³-hybridized carbons (Fsp3) is 0.357. The van der Waals surface area contributed by atoms with Crippen LogP contribution in [-0.2, 0) is 16.0 Å². The number of carboxylic acid groups (broad SMARTS) is 1. The van der Waals surface area contributed by atoms with E-state index in [1.807, 2.05) is 24.3 Å². The third-order valence-corrected chi connectivity index (χ3v) is 3.54. The summed E-state index contributed by atoms with van der Waals surface area (Å²) in [7, 11) is 0. The molecule has 1 fully saturated rings. The van der Waals surface area contributed by atoms with Crippen LogP contribution in [0.15, 0.2) is 28.8 Å². The van der Waals surface area contributed by atoms with E-state index < -0.39 is 5.97 Å². The number of hydrogen-bond acceptors (Lipinski definition) is 4. The third kappa shape index (κ3) is 2.36. The highest BCUT2D eigenvalue weighted by molar-refractivity contribution is 5.86. The maximum absolute atomic E-state index is 12.1. The van der Waals surface area contributed by atoms with Crippen molar-refractivity contribution in [3.8, 4) is 0 Å². The van der Waals surface area contributed by atoms with Crippen molar-refractivity contribution >= 4 is 22.8 Å². The van der Waals surface area contributed by atoms with Crippen molar-refractivity contribution in [2.75, 3.05) is 13.1 Å². The standard InChI is InChI=1S/C14H14N2O4/c17-13(16-7-9(8-16)5-14(18)19)6-11-10-3-1-2-4-12(10)20-15-11/h1-4,9H,5-8H2,(H,18,19). The molecule has 20 heavy (non-hydrogen) atoms. The van der Waals surface area contributed by atoms with E-state index >= 15 is 0 Å². The molecule has 1 N–H and O–H groups in total. The van der Waals surface area contributed by atoms with Gasteiger partial charge in [0, 0.05) is 24.4 Å². The first-order valence-corrected chi connectivity index (χ1v) is 6.46. The topological polar surface area (TPSA) is 83.6 Å². The molecular formula is C14H14N2O4. The first kappa shape index (κ1) is 12.7. The maximum Gasteiger partial charge on any atom is 0.303 e. The fourth-order valence-electron chi connectivity index (χ4n) is 2.47. The molecule has 2 heterocycles. The number of rotatable bonds is 4. The minimum atomic E-state index is -0.815. The number of nitrogens with zero attached hydrogens (tertiary/aromatic N) is 2. The lowest BCUT2D eigenvalue weighted by Crippen LogP contribution is -2.51. The molecule has 2 aromatic rings. The summed E-state index contributed by atoms with van der Waals surface area (Å²) in [6, 6.07) is 7.41. The van der Waals surface area contributed by atoms with Crippen LogP contribution in [0.1, 0.15) is 12.1 Å². The maximum atomic E-state index is 12.1. The Bertz CT molecular complexity index is 658. The van der Waals surface area contributed by atoms with Crippen molar-refractivity contribution < 1.29 is 19.2 Å². The SMILES string of the molecule is O=C(O)CC1CN(C(=O)Cc2noc3ccccc23)C1. The van der Waals surface area contributed by atoms with Gasteiger partial charge in [-0.2, -0.15) is 0 Å². The largest absolute Gasteiger partial charge is 0.481 e. The molecule has 0 atom stereocenters. The molecule has 0 spiro atoms. The van der Waals surface area contributed by atoms with Crippen LogP contribution in [0.25, 0.3) is 11.0 Å². The predicted octanol–water partition coefficient (Wildman–Crippen LogP) is 1.30. The van der Waals surface area contributed by atoms with Gasteiger partial charge in [-0.1, -0.05) is 17.3 Å². The number of amides is 1. The van der Waals surface area contributed by atoms with Gasteiger partial charge >= 0.3 is 5.97 Å². The van der Waals surface area contributed by atoms with Crippen LogP contribution < -0.4 is 0 Å². The summed E-state index contributed by atoms with van der Waals surface area (Å²) < 4.78 is 5.16. The highest BCUT2D eigenvalue weighted by atomic mass is 16.5. The van der Waals surface area contributed by atoms with Gasteiger partial charge in [-0.05, 0) is 12.1 Å². The van der Waals surface area contributed by atoms with Crippen LogP contribution in [0.2, 0.25) is 0 Å². The van der Waals surface area contributed by atoms with Crippen molar-refractivity contribution in [1.29, 1.82) is 0 Å². The van der Waals surface area contributed by atoms with E-state index in [-0.39, 0.29) is 24.7 Å². The van der Waals surface area contributed by atoms with Gasteiger partial charge in [-0.25, -0.2) is 0 Å². The molecule has 0 bridgehead atoms. The van der Waals surface area contributed by atoms with E-state index in [0.29, 0.717) is 24.4 Å². The Morgan fingerprint density at radius 1 is 1.35 bits per heavy atom. The first-order chi connectivity index (χ1) is 9.63. The average molecular weight is 274 g/mol. The summed E-state index contributed by atoms with van der Waals surface area (Å²) in [5, 5.41) is 13.5. The third-order valence-electron chi connectivity index (χ3n) is 3.54. The summed E-state index contributed by atoms with van der Waals surface area (Å²) in [5.74, 6) is -0.777. The molecule has 0 saturated carbocycles. The highest BCUT2D eigenvalue weighted by Crippen LogP contribution is 2.22. The van der Waals surface area contributed by atoms with Crippen LogP contribution in [0.3, 0.4) is 0 Å². The number of carbonyl (C=O) groups excluding carboxylic acids is 1. The van der Waals surface area contributed by atoms with E-state index in [9.17, 15) is 9.59 Å². The molecule has 1 aromatic carbocycles. The molecule has 1 amide bonds. The molecule has 0 aliphatic carbocycles. The molecule has 1 aliphatic rings. The van der Waals surface area contributed by atoms with Crippen LogP contribution in [0, 0.1) is 5.92 Å². The number of aliphatic carboxylic acids is 1. The van der Waals surface area contributed by atoms with Crippen molar-refractivity contribution in [3.63, 3.8) is 0 Å². The Hall–Kier alpha value is -2.37. The van der Waals surface area contributed by atoms with Crippen LogP contribution in [0.5, 0.6) is 0 Å². The lowest BCUT2D eigenvalue weighted by molar-refractivity contribution is -0.144. The van der Waals surface area contributed by atoms with E-state index in [1.165, 1.54) is 0 Å². The number of benzene rings is 1. The Balaban J connectivity index is 1.62. The number of carbonyl (C=O) groups is 2. The Kier molecular flexibility index (Phi) is 3.14. The second-order valence-electron chi connectivity index (χ2n) is 5.06. The number of fused-ring (bicyclic) bond motifs is 1. The van der Waals surface area contributed by atoms with Crippen molar-refractivity contribution in [1.82, 2.24) is 10.1 Å². The predicted molar refractivity (Wildman–Crippen MR) is 70.0 cm³/mol. The Morgan fingerprint density at radius 2 is 2.10 bits per heavy atom. The van der Waals surface area contributed by atoms with Gasteiger partial charge in [0.25, 0.3) is 0 Å². The van der Waals surface area contributed by atoms with E-state index in [1.54, 1.807) is 4.90 Å². The van der Waals surface area contributed by atoms with Crippen LogP contribution >= 0.6 is 0 Å². The van der Waals surface area contributed by atoms with Crippen molar-refractivity contribution in [2.45, 2.75) is 12.8 Å². The quantitative estimate of drug-likeness (QED) is 0.908. The number of likely N-dealkylation sites (tertiary alicyclic amines) is 1. The molecule has 0 unspecified atom stereocenters. The van der Waals surface area contributed by atoms with Gasteiger partial charge in [-0.3, -0.25) is 9.59 Å². The number of aromatic nitrogens is 1. The zero-order chi connectivity index (χ0) is 14.1. The Morgan fingerprint density at radius 3 is 2.85 bits per heavy atom. The fourth-order valence-corrected chi connectivity index (χ4v) is 2.47. The lowest BCUT2D eigenvalue weighted by Gasteiger charge is -2.38.